The van der Waals surface area contributed by atoms with Gasteiger partial charge < -0.3 is 11.1 Å². The Balaban J connectivity index is 2.17. The van der Waals surface area contributed by atoms with Crippen molar-refractivity contribution in [1.29, 1.82) is 0 Å². The van der Waals surface area contributed by atoms with Crippen LogP contribution in [0.1, 0.15) is 11.3 Å². The van der Waals surface area contributed by atoms with E-state index >= 15 is 0 Å². The van der Waals surface area contributed by atoms with Crippen LogP contribution in [0.15, 0.2) is 36.5 Å². The predicted octanol–water partition coefficient (Wildman–Crippen LogP) is 3.43. The van der Waals surface area contributed by atoms with Gasteiger partial charge in [0.2, 0.25) is 0 Å². The molecule has 0 atom stereocenters. The van der Waals surface area contributed by atoms with E-state index in [2.05, 4.69) is 10.3 Å². The fourth-order valence-corrected chi connectivity index (χ4v) is 1.62. The van der Waals surface area contributed by atoms with Gasteiger partial charge in [0, 0.05) is 6.54 Å². The first kappa shape index (κ1) is 14.1. The lowest BCUT2D eigenvalue weighted by Crippen LogP contribution is -2.10. The van der Waals surface area contributed by atoms with Gasteiger partial charge in [-0.15, -0.1) is 0 Å². The van der Waals surface area contributed by atoms with Gasteiger partial charge in [0.05, 0.1) is 17.6 Å². The summed E-state index contributed by atoms with van der Waals surface area (Å²) in [6.07, 6.45) is -3.60. The molecule has 0 aliphatic carbocycles. The fraction of sp³-hybridized carbons (Fsp3) is 0.154. The number of benzene rings is 1. The smallest absolute Gasteiger partial charge is 0.396 e. The van der Waals surface area contributed by atoms with Crippen molar-refractivity contribution in [2.45, 2.75) is 12.7 Å². The summed E-state index contributed by atoms with van der Waals surface area (Å²) in [6, 6.07) is 6.57. The number of nitrogen functional groups attached to an aromatic ring is 1. The van der Waals surface area contributed by atoms with Crippen LogP contribution in [-0.2, 0) is 12.7 Å². The summed E-state index contributed by atoms with van der Waals surface area (Å²) >= 11 is 0. The summed E-state index contributed by atoms with van der Waals surface area (Å²) in [4.78, 5) is 3.23. The van der Waals surface area contributed by atoms with E-state index in [0.29, 0.717) is 5.56 Å². The molecule has 1 heterocycles. The number of nitrogens with zero attached hydrogens (tertiary/aromatic N) is 1. The van der Waals surface area contributed by atoms with Crippen LogP contribution in [0.4, 0.5) is 28.9 Å². The largest absolute Gasteiger partial charge is 0.433 e. The Hall–Kier alpha value is -2.31. The zero-order chi connectivity index (χ0) is 14.8. The van der Waals surface area contributed by atoms with Gasteiger partial charge in [-0.1, -0.05) is 12.1 Å². The molecule has 1 aromatic carbocycles. The number of rotatable bonds is 3. The Morgan fingerprint density at radius 3 is 2.60 bits per heavy atom. The molecule has 0 aliphatic rings. The van der Waals surface area contributed by atoms with Gasteiger partial charge in [0.25, 0.3) is 0 Å². The van der Waals surface area contributed by atoms with Crippen molar-refractivity contribution in [2.24, 2.45) is 0 Å². The molecular weight excluding hydrogens is 274 g/mol. The summed E-state index contributed by atoms with van der Waals surface area (Å²) in [6.45, 7) is 0.156. The molecule has 0 unspecified atom stereocenters. The number of anilines is 2. The zero-order valence-electron chi connectivity index (χ0n) is 10.2. The summed E-state index contributed by atoms with van der Waals surface area (Å²) in [5.41, 5.74) is 5.32. The first-order chi connectivity index (χ1) is 9.36. The Bertz CT molecular complexity index is 611. The minimum atomic E-state index is -4.54. The average Bonchev–Trinajstić information content (AvgIpc) is 2.36. The predicted molar refractivity (Wildman–Crippen MR) is 67.4 cm³/mol. The van der Waals surface area contributed by atoms with Gasteiger partial charge >= 0.3 is 6.18 Å². The number of hydrogen-bond donors (Lipinski definition) is 2. The van der Waals surface area contributed by atoms with Crippen LogP contribution in [0.25, 0.3) is 0 Å². The monoisotopic (exact) mass is 285 g/mol. The lowest BCUT2D eigenvalue weighted by molar-refractivity contribution is -0.141. The SMILES string of the molecule is Nc1cnc(C(F)(F)F)cc1NCc1cccc(F)c1. The molecule has 3 N–H and O–H groups in total. The zero-order valence-corrected chi connectivity index (χ0v) is 10.2. The van der Waals surface area contributed by atoms with E-state index in [4.69, 9.17) is 5.73 Å². The van der Waals surface area contributed by atoms with Crippen molar-refractivity contribution in [2.75, 3.05) is 11.1 Å². The maximum atomic E-state index is 13.0. The number of hydrogen-bond acceptors (Lipinski definition) is 3. The van der Waals surface area contributed by atoms with Crippen molar-refractivity contribution < 1.29 is 17.6 Å². The molecule has 0 saturated heterocycles. The molecule has 106 valence electrons. The van der Waals surface area contributed by atoms with E-state index in [1.54, 1.807) is 6.07 Å². The molecule has 2 rings (SSSR count). The minimum absolute atomic E-state index is 0.0920. The van der Waals surface area contributed by atoms with Crippen molar-refractivity contribution in [1.82, 2.24) is 4.98 Å². The molecule has 7 heteroatoms. The number of nitrogens with two attached hydrogens (primary N) is 1. The summed E-state index contributed by atoms with van der Waals surface area (Å²) in [5.74, 6) is -0.414. The van der Waals surface area contributed by atoms with Crippen LogP contribution >= 0.6 is 0 Å². The van der Waals surface area contributed by atoms with Gasteiger partial charge in [-0.05, 0) is 23.8 Å². The lowest BCUT2D eigenvalue weighted by Gasteiger charge is -2.12. The van der Waals surface area contributed by atoms with Crippen molar-refractivity contribution in [3.05, 3.63) is 53.6 Å². The second-order valence-corrected chi connectivity index (χ2v) is 4.14. The third-order valence-corrected chi connectivity index (χ3v) is 2.60. The third-order valence-electron chi connectivity index (χ3n) is 2.60. The number of nitrogens with one attached hydrogen (secondary N) is 1. The average molecular weight is 285 g/mol. The molecule has 2 aromatic rings. The normalized spacial score (nSPS) is 11.4. The molecule has 0 bridgehead atoms. The van der Waals surface area contributed by atoms with Gasteiger partial charge in [-0.2, -0.15) is 13.2 Å². The number of aromatic nitrogens is 1. The Morgan fingerprint density at radius 1 is 1.20 bits per heavy atom. The summed E-state index contributed by atoms with van der Waals surface area (Å²) < 4.78 is 50.6. The third kappa shape index (κ3) is 3.37. The first-order valence-electron chi connectivity index (χ1n) is 5.67. The van der Waals surface area contributed by atoms with Crippen LogP contribution in [-0.4, -0.2) is 4.98 Å². The van der Waals surface area contributed by atoms with Crippen LogP contribution in [0.2, 0.25) is 0 Å². The van der Waals surface area contributed by atoms with E-state index in [1.807, 2.05) is 0 Å². The highest BCUT2D eigenvalue weighted by Crippen LogP contribution is 2.31. The maximum absolute atomic E-state index is 13.0. The molecule has 1 aromatic heterocycles. The Kier molecular flexibility index (Phi) is 3.78. The van der Waals surface area contributed by atoms with Crippen molar-refractivity contribution in [3.63, 3.8) is 0 Å². The standard InChI is InChI=1S/C13H11F4N3/c14-9-3-1-2-8(4-9)6-19-11-5-12(13(15,16)17)20-7-10(11)18/h1-5,7H,6,18H2,(H,19,20). The molecule has 20 heavy (non-hydrogen) atoms. The van der Waals surface area contributed by atoms with Crippen LogP contribution < -0.4 is 11.1 Å². The molecule has 3 nitrogen and oxygen atoms in total. The highest BCUT2D eigenvalue weighted by Gasteiger charge is 2.32. The lowest BCUT2D eigenvalue weighted by atomic mass is 10.2. The first-order valence-corrected chi connectivity index (χ1v) is 5.67. The molecule has 0 aliphatic heterocycles. The molecule has 0 amide bonds. The van der Waals surface area contributed by atoms with Gasteiger partial charge in [-0.25, -0.2) is 9.37 Å². The van der Waals surface area contributed by atoms with E-state index in [0.717, 1.165) is 12.3 Å². The molecule has 0 spiro atoms. The highest BCUT2D eigenvalue weighted by molar-refractivity contribution is 5.65. The van der Waals surface area contributed by atoms with E-state index < -0.39 is 17.7 Å². The second-order valence-electron chi connectivity index (χ2n) is 4.14. The molecule has 0 fully saturated rings. The molecule has 0 saturated carbocycles. The Labute approximate surface area is 112 Å². The topological polar surface area (TPSA) is 50.9 Å². The van der Waals surface area contributed by atoms with Crippen molar-refractivity contribution >= 4 is 11.4 Å². The van der Waals surface area contributed by atoms with Gasteiger partial charge in [-0.3, -0.25) is 0 Å². The van der Waals surface area contributed by atoms with E-state index in [1.165, 1.54) is 18.2 Å². The summed E-state index contributed by atoms with van der Waals surface area (Å²) in [7, 11) is 0. The summed E-state index contributed by atoms with van der Waals surface area (Å²) in [5, 5.41) is 2.74. The fourth-order valence-electron chi connectivity index (χ4n) is 1.62. The van der Waals surface area contributed by atoms with Crippen LogP contribution in [0.3, 0.4) is 0 Å². The second kappa shape index (κ2) is 5.36. The number of pyridine rings is 1. The number of halogens is 4. The van der Waals surface area contributed by atoms with E-state index in [-0.39, 0.29) is 17.9 Å². The number of alkyl halides is 3. The van der Waals surface area contributed by atoms with E-state index in [9.17, 15) is 17.6 Å². The van der Waals surface area contributed by atoms with Crippen molar-refractivity contribution in [3.8, 4) is 0 Å². The Morgan fingerprint density at radius 2 is 1.95 bits per heavy atom. The molecule has 0 radical (unpaired) electrons. The maximum Gasteiger partial charge on any atom is 0.433 e. The van der Waals surface area contributed by atoms with Crippen LogP contribution in [0.5, 0.6) is 0 Å². The molecular formula is C13H11F4N3. The van der Waals surface area contributed by atoms with Gasteiger partial charge in [0.15, 0.2) is 0 Å². The quantitative estimate of drug-likeness (QED) is 0.849. The highest BCUT2D eigenvalue weighted by atomic mass is 19.4. The van der Waals surface area contributed by atoms with Gasteiger partial charge in [0.1, 0.15) is 11.5 Å². The minimum Gasteiger partial charge on any atom is -0.396 e. The van der Waals surface area contributed by atoms with Crippen LogP contribution in [0, 0.1) is 5.82 Å².